The van der Waals surface area contributed by atoms with Crippen molar-refractivity contribution in [1.29, 1.82) is 0 Å². The van der Waals surface area contributed by atoms with Gasteiger partial charge in [0.25, 0.3) is 0 Å². The first-order valence-corrected chi connectivity index (χ1v) is 5.64. The lowest BCUT2D eigenvalue weighted by Gasteiger charge is -2.09. The fourth-order valence-electron chi connectivity index (χ4n) is 2.15. The summed E-state index contributed by atoms with van der Waals surface area (Å²) in [4.78, 5) is 0. The highest BCUT2D eigenvalue weighted by molar-refractivity contribution is 5.84. The van der Waals surface area contributed by atoms with Crippen molar-refractivity contribution in [2.24, 2.45) is 7.05 Å². The first-order valence-electron chi connectivity index (χ1n) is 5.64. The van der Waals surface area contributed by atoms with Crippen LogP contribution in [-0.2, 0) is 7.05 Å². The van der Waals surface area contributed by atoms with Gasteiger partial charge in [-0.1, -0.05) is 12.1 Å². The van der Waals surface area contributed by atoms with Crippen LogP contribution < -0.4 is 10.1 Å². The summed E-state index contributed by atoms with van der Waals surface area (Å²) in [6.45, 7) is 1.96. The van der Waals surface area contributed by atoms with Crippen LogP contribution >= 0.6 is 0 Å². The first kappa shape index (κ1) is 9.66. The van der Waals surface area contributed by atoms with Crippen LogP contribution in [0.25, 0.3) is 10.9 Å². The summed E-state index contributed by atoms with van der Waals surface area (Å²) in [5.41, 5.74) is 1.11. The molecule has 1 aromatic carbocycles. The molecular weight excluding hydrogens is 202 g/mol. The van der Waals surface area contributed by atoms with Gasteiger partial charge in [0, 0.05) is 13.6 Å². The van der Waals surface area contributed by atoms with E-state index in [0.29, 0.717) is 0 Å². The number of nitrogens with one attached hydrogen (secondary N) is 1. The summed E-state index contributed by atoms with van der Waals surface area (Å²) >= 11 is 0. The molecule has 1 fully saturated rings. The molecule has 4 nitrogen and oxygen atoms in total. The number of nitrogens with zero attached hydrogens (tertiary/aromatic N) is 2. The fraction of sp³-hybridized carbons (Fsp3) is 0.417. The van der Waals surface area contributed by atoms with Crippen molar-refractivity contribution in [3.8, 4) is 5.88 Å². The first-order chi connectivity index (χ1) is 7.84. The Balaban J connectivity index is 1.96. The Kier molecular flexibility index (Phi) is 2.29. The van der Waals surface area contributed by atoms with Crippen LogP contribution in [0.3, 0.4) is 0 Å². The number of fused-ring (bicyclic) bond motifs is 1. The number of hydrogen-bond acceptors (Lipinski definition) is 3. The van der Waals surface area contributed by atoms with Gasteiger partial charge in [-0.2, -0.15) is 0 Å². The van der Waals surface area contributed by atoms with E-state index in [2.05, 4.69) is 22.5 Å². The van der Waals surface area contributed by atoms with E-state index in [0.717, 1.165) is 36.3 Å². The third kappa shape index (κ3) is 1.55. The van der Waals surface area contributed by atoms with Crippen LogP contribution in [0.4, 0.5) is 0 Å². The second-order valence-corrected chi connectivity index (χ2v) is 4.18. The van der Waals surface area contributed by atoms with Crippen LogP contribution in [0.15, 0.2) is 24.3 Å². The molecule has 1 aromatic heterocycles. The molecule has 1 atom stereocenters. The van der Waals surface area contributed by atoms with Crippen molar-refractivity contribution in [3.63, 3.8) is 0 Å². The molecule has 0 saturated carbocycles. The van der Waals surface area contributed by atoms with Gasteiger partial charge in [-0.15, -0.1) is 5.10 Å². The van der Waals surface area contributed by atoms with Crippen molar-refractivity contribution >= 4 is 10.9 Å². The summed E-state index contributed by atoms with van der Waals surface area (Å²) in [7, 11) is 1.95. The lowest BCUT2D eigenvalue weighted by atomic mass is 10.2. The normalized spacial score (nSPS) is 20.4. The Labute approximate surface area is 94.2 Å². The molecule has 0 radical (unpaired) electrons. The second kappa shape index (κ2) is 3.79. The summed E-state index contributed by atoms with van der Waals surface area (Å²) < 4.78 is 7.78. The average Bonchev–Trinajstić information content (AvgIpc) is 2.90. The van der Waals surface area contributed by atoms with Crippen molar-refractivity contribution in [2.45, 2.75) is 12.5 Å². The van der Waals surface area contributed by atoms with Gasteiger partial charge in [-0.05, 0) is 25.1 Å². The zero-order valence-electron chi connectivity index (χ0n) is 9.31. The molecule has 1 aliphatic rings. The fourth-order valence-corrected chi connectivity index (χ4v) is 2.15. The van der Waals surface area contributed by atoms with Gasteiger partial charge >= 0.3 is 0 Å². The summed E-state index contributed by atoms with van der Waals surface area (Å²) in [6, 6.07) is 8.15. The van der Waals surface area contributed by atoms with E-state index in [4.69, 9.17) is 4.74 Å². The Bertz CT molecular complexity index is 500. The summed E-state index contributed by atoms with van der Waals surface area (Å²) in [5.74, 6) is 0.756. The van der Waals surface area contributed by atoms with E-state index in [1.165, 1.54) is 0 Å². The number of aromatic nitrogens is 2. The van der Waals surface area contributed by atoms with Crippen LogP contribution in [0, 0.1) is 0 Å². The Morgan fingerprint density at radius 1 is 1.44 bits per heavy atom. The van der Waals surface area contributed by atoms with Crippen LogP contribution in [0.2, 0.25) is 0 Å². The largest absolute Gasteiger partial charge is 0.471 e. The predicted molar refractivity (Wildman–Crippen MR) is 62.6 cm³/mol. The van der Waals surface area contributed by atoms with Gasteiger partial charge in [0.05, 0.1) is 10.9 Å². The van der Waals surface area contributed by atoms with E-state index < -0.39 is 0 Å². The van der Waals surface area contributed by atoms with Gasteiger partial charge in [-0.3, -0.25) is 4.68 Å². The molecule has 1 N–H and O–H groups in total. The molecular formula is C12H15N3O. The van der Waals surface area contributed by atoms with Crippen LogP contribution in [0.1, 0.15) is 6.42 Å². The topological polar surface area (TPSA) is 39.1 Å². The molecule has 4 heteroatoms. The van der Waals surface area contributed by atoms with Crippen molar-refractivity contribution in [1.82, 2.24) is 15.1 Å². The molecule has 1 saturated heterocycles. The highest BCUT2D eigenvalue weighted by Gasteiger charge is 2.19. The maximum Gasteiger partial charge on any atom is 0.241 e. The van der Waals surface area contributed by atoms with Crippen LogP contribution in [0.5, 0.6) is 5.88 Å². The maximum atomic E-state index is 5.91. The highest BCUT2D eigenvalue weighted by atomic mass is 16.5. The molecule has 1 unspecified atom stereocenters. The molecule has 2 heterocycles. The zero-order chi connectivity index (χ0) is 11.0. The molecule has 2 aromatic rings. The molecule has 3 rings (SSSR count). The maximum absolute atomic E-state index is 5.91. The molecule has 0 aliphatic carbocycles. The van der Waals surface area contributed by atoms with E-state index in [1.807, 2.05) is 23.9 Å². The number of aryl methyl sites for hydroxylation is 1. The van der Waals surface area contributed by atoms with Gasteiger partial charge in [0.2, 0.25) is 5.88 Å². The monoisotopic (exact) mass is 217 g/mol. The summed E-state index contributed by atoms with van der Waals surface area (Å²) in [5, 5.41) is 8.80. The second-order valence-electron chi connectivity index (χ2n) is 4.18. The van der Waals surface area contributed by atoms with Crippen LogP contribution in [-0.4, -0.2) is 29.0 Å². The van der Waals surface area contributed by atoms with Crippen molar-refractivity contribution in [3.05, 3.63) is 24.3 Å². The van der Waals surface area contributed by atoms with E-state index in [1.54, 1.807) is 0 Å². The quantitative estimate of drug-likeness (QED) is 0.824. The Hall–Kier alpha value is -1.55. The SMILES string of the molecule is Cn1nc(OC2CCNC2)c2ccccc21. The van der Waals surface area contributed by atoms with Gasteiger partial charge in [0.1, 0.15) is 6.10 Å². The summed E-state index contributed by atoms with van der Waals surface area (Å²) in [6.07, 6.45) is 1.32. The Morgan fingerprint density at radius 3 is 3.12 bits per heavy atom. The standard InChI is InChI=1S/C12H15N3O/c1-15-11-5-3-2-4-10(11)12(14-15)16-9-6-7-13-8-9/h2-5,9,13H,6-8H2,1H3. The smallest absolute Gasteiger partial charge is 0.241 e. The lowest BCUT2D eigenvalue weighted by Crippen LogP contribution is -2.19. The lowest BCUT2D eigenvalue weighted by molar-refractivity contribution is 0.215. The van der Waals surface area contributed by atoms with Gasteiger partial charge in [-0.25, -0.2) is 0 Å². The number of para-hydroxylation sites is 1. The molecule has 16 heavy (non-hydrogen) atoms. The van der Waals surface area contributed by atoms with E-state index >= 15 is 0 Å². The number of benzene rings is 1. The predicted octanol–water partition coefficient (Wildman–Crippen LogP) is 1.31. The van der Waals surface area contributed by atoms with Crippen molar-refractivity contribution in [2.75, 3.05) is 13.1 Å². The molecule has 84 valence electrons. The average molecular weight is 217 g/mol. The Morgan fingerprint density at radius 2 is 2.31 bits per heavy atom. The zero-order valence-corrected chi connectivity index (χ0v) is 9.31. The number of hydrogen-bond donors (Lipinski definition) is 1. The van der Waals surface area contributed by atoms with Gasteiger partial charge < -0.3 is 10.1 Å². The van der Waals surface area contributed by atoms with E-state index in [-0.39, 0.29) is 6.10 Å². The van der Waals surface area contributed by atoms with E-state index in [9.17, 15) is 0 Å². The minimum atomic E-state index is 0.262. The molecule has 0 amide bonds. The molecule has 1 aliphatic heterocycles. The highest BCUT2D eigenvalue weighted by Crippen LogP contribution is 2.25. The third-order valence-electron chi connectivity index (χ3n) is 3.02. The number of ether oxygens (including phenoxy) is 1. The number of rotatable bonds is 2. The minimum absolute atomic E-state index is 0.262. The molecule has 0 spiro atoms. The minimum Gasteiger partial charge on any atom is -0.471 e. The third-order valence-corrected chi connectivity index (χ3v) is 3.02. The van der Waals surface area contributed by atoms with Crippen molar-refractivity contribution < 1.29 is 4.74 Å². The molecule has 0 bridgehead atoms. The van der Waals surface area contributed by atoms with Gasteiger partial charge in [0.15, 0.2) is 0 Å².